The highest BCUT2D eigenvalue weighted by atomic mass is 16.5. The minimum absolute atomic E-state index is 0.155. The molecule has 7 heteroatoms. The number of furan rings is 1. The molecule has 0 unspecified atom stereocenters. The molecule has 3 rings (SSSR count). The summed E-state index contributed by atoms with van der Waals surface area (Å²) < 4.78 is 10.5. The fourth-order valence-corrected chi connectivity index (χ4v) is 3.02. The van der Waals surface area contributed by atoms with E-state index in [2.05, 4.69) is 5.32 Å². The number of rotatable bonds is 8. The molecule has 0 aliphatic rings. The Morgan fingerprint density at radius 3 is 2.56 bits per heavy atom. The molecular weight excluding hydrogens is 345 g/mol. The zero-order valence-electron chi connectivity index (χ0n) is 15.1. The number of fused-ring (bicyclic) bond motifs is 1. The lowest BCUT2D eigenvalue weighted by Crippen LogP contribution is -2.48. The van der Waals surface area contributed by atoms with E-state index in [1.54, 1.807) is 13.4 Å². The van der Waals surface area contributed by atoms with Crippen LogP contribution in [0.15, 0.2) is 59.2 Å². The van der Waals surface area contributed by atoms with Crippen molar-refractivity contribution >= 4 is 24.0 Å². The largest absolute Gasteiger partial charge is 0.475 e. The average molecular weight is 367 g/mol. The van der Waals surface area contributed by atoms with E-state index in [0.29, 0.717) is 6.61 Å². The molecule has 0 aliphatic heterocycles. The molecule has 0 saturated carbocycles. The summed E-state index contributed by atoms with van der Waals surface area (Å²) in [6.07, 6.45) is 2.00. The van der Waals surface area contributed by atoms with Crippen molar-refractivity contribution in [2.24, 2.45) is 0 Å². The van der Waals surface area contributed by atoms with Gasteiger partial charge in [0, 0.05) is 12.5 Å². The van der Waals surface area contributed by atoms with Crippen LogP contribution in [0.25, 0.3) is 11.0 Å². The third-order valence-electron chi connectivity index (χ3n) is 4.41. The Bertz CT molecular complexity index is 891. The summed E-state index contributed by atoms with van der Waals surface area (Å²) >= 11 is 0. The Hall–Kier alpha value is -2.61. The topological polar surface area (TPSA) is 91.9 Å². The van der Waals surface area contributed by atoms with Crippen LogP contribution in [0.2, 0.25) is 0 Å². The highest BCUT2D eigenvalue weighted by Gasteiger charge is 2.26. The Balaban J connectivity index is 1.64. The summed E-state index contributed by atoms with van der Waals surface area (Å²) in [5, 5.41) is 23.0. The van der Waals surface area contributed by atoms with Gasteiger partial charge in [0.15, 0.2) is 0 Å². The van der Waals surface area contributed by atoms with E-state index in [9.17, 15) is 14.8 Å². The molecule has 0 bridgehead atoms. The van der Waals surface area contributed by atoms with Crippen LogP contribution in [0.1, 0.15) is 16.7 Å². The number of carbonyl (C=O) groups excluding carboxylic acids is 1. The first-order chi connectivity index (χ1) is 13.1. The maximum atomic E-state index is 12.3. The van der Waals surface area contributed by atoms with Crippen LogP contribution in [0, 0.1) is 0 Å². The zero-order valence-corrected chi connectivity index (χ0v) is 15.1. The predicted octanol–water partition coefficient (Wildman–Crippen LogP) is 1.86. The third kappa shape index (κ3) is 4.98. The van der Waals surface area contributed by atoms with Gasteiger partial charge in [0.25, 0.3) is 0 Å². The van der Waals surface area contributed by atoms with E-state index >= 15 is 0 Å². The number of ether oxygens (including phenoxy) is 1. The lowest BCUT2D eigenvalue weighted by Gasteiger charge is -2.17. The molecule has 2 aromatic carbocycles. The van der Waals surface area contributed by atoms with Crippen molar-refractivity contribution in [3.05, 3.63) is 71.5 Å². The smallest absolute Gasteiger partial charge is 0.464 e. The maximum absolute atomic E-state index is 12.3. The third-order valence-corrected chi connectivity index (χ3v) is 4.41. The first kappa shape index (κ1) is 19.2. The van der Waals surface area contributed by atoms with Crippen LogP contribution in [0.5, 0.6) is 0 Å². The molecule has 3 N–H and O–H groups in total. The van der Waals surface area contributed by atoms with Gasteiger partial charge in [0.2, 0.25) is 5.91 Å². The Morgan fingerprint density at radius 1 is 1.15 bits per heavy atom. The van der Waals surface area contributed by atoms with Gasteiger partial charge in [0.1, 0.15) is 5.58 Å². The summed E-state index contributed by atoms with van der Waals surface area (Å²) in [6.45, 7) is 0.518. The van der Waals surface area contributed by atoms with Crippen molar-refractivity contribution in [2.75, 3.05) is 7.11 Å². The number of carbonyl (C=O) groups is 1. The van der Waals surface area contributed by atoms with Gasteiger partial charge < -0.3 is 24.5 Å². The van der Waals surface area contributed by atoms with Crippen molar-refractivity contribution in [1.82, 2.24) is 5.32 Å². The Kier molecular flexibility index (Phi) is 6.29. The second-order valence-electron chi connectivity index (χ2n) is 6.48. The minimum Gasteiger partial charge on any atom is -0.464 e. The van der Waals surface area contributed by atoms with Gasteiger partial charge >= 0.3 is 7.12 Å². The first-order valence-electron chi connectivity index (χ1n) is 8.74. The van der Waals surface area contributed by atoms with Gasteiger partial charge in [0.05, 0.1) is 25.2 Å². The number of benzene rings is 2. The molecule has 3 aromatic rings. The highest BCUT2D eigenvalue weighted by Crippen LogP contribution is 2.22. The van der Waals surface area contributed by atoms with Crippen LogP contribution in [-0.4, -0.2) is 36.1 Å². The van der Waals surface area contributed by atoms with Gasteiger partial charge in [-0.1, -0.05) is 42.5 Å². The van der Waals surface area contributed by atoms with E-state index in [1.807, 2.05) is 48.5 Å². The molecule has 140 valence electrons. The van der Waals surface area contributed by atoms with Crippen LogP contribution in [0.4, 0.5) is 0 Å². The predicted molar refractivity (Wildman–Crippen MR) is 103 cm³/mol. The molecule has 1 heterocycles. The molecule has 0 aliphatic carbocycles. The van der Waals surface area contributed by atoms with Gasteiger partial charge in [-0.15, -0.1) is 0 Å². The molecule has 0 spiro atoms. The van der Waals surface area contributed by atoms with Crippen LogP contribution in [-0.2, 0) is 29.0 Å². The van der Waals surface area contributed by atoms with E-state index in [0.717, 1.165) is 27.7 Å². The van der Waals surface area contributed by atoms with Crippen molar-refractivity contribution < 1.29 is 24.0 Å². The number of hydrogen-bond donors (Lipinski definition) is 3. The fourth-order valence-electron chi connectivity index (χ4n) is 3.02. The molecule has 1 amide bonds. The molecule has 0 radical (unpaired) electrons. The van der Waals surface area contributed by atoms with Gasteiger partial charge in [-0.3, -0.25) is 4.79 Å². The zero-order chi connectivity index (χ0) is 19.2. The maximum Gasteiger partial charge on any atom is 0.475 e. The van der Waals surface area contributed by atoms with Gasteiger partial charge in [-0.25, -0.2) is 0 Å². The number of hydrogen-bond acceptors (Lipinski definition) is 5. The van der Waals surface area contributed by atoms with Gasteiger partial charge in [-0.2, -0.15) is 0 Å². The molecule has 0 saturated heterocycles. The monoisotopic (exact) mass is 367 g/mol. The van der Waals surface area contributed by atoms with E-state index in [-0.39, 0.29) is 18.7 Å². The molecule has 1 atom stereocenters. The summed E-state index contributed by atoms with van der Waals surface area (Å²) in [5.74, 6) is -1.10. The van der Waals surface area contributed by atoms with Crippen molar-refractivity contribution in [3.63, 3.8) is 0 Å². The normalized spacial score (nSPS) is 12.1. The SMILES string of the molecule is COCc1ccc(CC(=O)N[C@@H](Cc2coc3ccccc23)B(O)O)cc1. The van der Waals surface area contributed by atoms with E-state index in [4.69, 9.17) is 9.15 Å². The number of methoxy groups -OCH3 is 1. The number of amides is 1. The summed E-state index contributed by atoms with van der Waals surface area (Å²) in [4.78, 5) is 12.3. The van der Waals surface area contributed by atoms with Crippen molar-refractivity contribution in [1.29, 1.82) is 0 Å². The molecule has 6 nitrogen and oxygen atoms in total. The fraction of sp³-hybridized carbons (Fsp3) is 0.250. The Labute approximate surface area is 157 Å². The standard InChI is InChI=1S/C20H22BNO5/c1-26-12-15-8-6-14(7-9-15)10-20(23)22-19(21(24)25)11-16-13-27-18-5-3-2-4-17(16)18/h2-9,13,19,24-25H,10-12H2,1H3,(H,22,23)/t19-/m0/s1. The molecule has 0 fully saturated rings. The molecule has 1 aromatic heterocycles. The number of nitrogens with one attached hydrogen (secondary N) is 1. The highest BCUT2D eigenvalue weighted by molar-refractivity contribution is 6.43. The van der Waals surface area contributed by atoms with Crippen LogP contribution >= 0.6 is 0 Å². The van der Waals surface area contributed by atoms with Crippen molar-refractivity contribution in [2.45, 2.75) is 25.4 Å². The van der Waals surface area contributed by atoms with Gasteiger partial charge in [-0.05, 0) is 29.2 Å². The van der Waals surface area contributed by atoms with Crippen LogP contribution < -0.4 is 5.32 Å². The van der Waals surface area contributed by atoms with E-state index in [1.165, 1.54) is 0 Å². The van der Waals surface area contributed by atoms with Crippen LogP contribution in [0.3, 0.4) is 0 Å². The summed E-state index contributed by atoms with van der Waals surface area (Å²) in [6, 6.07) is 15.0. The summed E-state index contributed by atoms with van der Waals surface area (Å²) in [7, 11) is -0.0445. The summed E-state index contributed by atoms with van der Waals surface area (Å²) in [5.41, 5.74) is 3.40. The Morgan fingerprint density at radius 2 is 1.85 bits per heavy atom. The van der Waals surface area contributed by atoms with E-state index < -0.39 is 13.1 Å². The minimum atomic E-state index is -1.67. The second kappa shape index (κ2) is 8.86. The lowest BCUT2D eigenvalue weighted by atomic mass is 9.75. The first-order valence-corrected chi connectivity index (χ1v) is 8.74. The second-order valence-corrected chi connectivity index (χ2v) is 6.48. The average Bonchev–Trinajstić information content (AvgIpc) is 3.06. The number of para-hydroxylation sites is 1. The van der Waals surface area contributed by atoms with Crippen molar-refractivity contribution in [3.8, 4) is 0 Å². The lowest BCUT2D eigenvalue weighted by molar-refractivity contribution is -0.120. The quantitative estimate of drug-likeness (QED) is 0.529. The molecule has 27 heavy (non-hydrogen) atoms. The molecular formula is C20H22BNO5.